The van der Waals surface area contributed by atoms with Crippen LogP contribution in [-0.2, 0) is 4.79 Å². The maximum absolute atomic E-state index is 12.2. The minimum absolute atomic E-state index is 0.193. The molecule has 1 fully saturated rings. The number of thioether (sulfide) groups is 1. The first-order valence-corrected chi connectivity index (χ1v) is 8.97. The summed E-state index contributed by atoms with van der Waals surface area (Å²) in [5.41, 5.74) is 2.50. The van der Waals surface area contributed by atoms with E-state index >= 15 is 0 Å². The molecular weight excluding hydrogens is 372 g/mol. The number of aliphatic imine (C=N–C) groups is 1. The van der Waals surface area contributed by atoms with Gasteiger partial charge in [0.2, 0.25) is 0 Å². The maximum atomic E-state index is 12.2. The molecule has 0 aliphatic carbocycles. The normalized spacial score (nSPS) is 16.8. The predicted molar refractivity (Wildman–Crippen MR) is 107 cm³/mol. The van der Waals surface area contributed by atoms with Crippen LogP contribution in [0.4, 0.5) is 5.69 Å². The highest BCUT2D eigenvalue weighted by Crippen LogP contribution is 2.32. The number of carbonyl (C=O) groups excluding carboxylic acids is 1. The summed E-state index contributed by atoms with van der Waals surface area (Å²) in [5.74, 6) is 1.05. The van der Waals surface area contributed by atoms with Crippen LogP contribution in [0, 0.1) is 6.92 Å². The molecule has 0 radical (unpaired) electrons. The monoisotopic (exact) mass is 388 g/mol. The molecule has 0 atom stereocenters. The molecule has 1 amide bonds. The SMILES string of the molecule is COc1ccc(/C=C2\SC(=Nc3ccc(C)c(Cl)c3)NC2=O)cc1OC. The molecule has 0 saturated carbocycles. The highest BCUT2D eigenvalue weighted by molar-refractivity contribution is 8.18. The van der Waals surface area contributed by atoms with Crippen LogP contribution in [-0.4, -0.2) is 25.3 Å². The first-order chi connectivity index (χ1) is 12.5. The zero-order valence-electron chi connectivity index (χ0n) is 14.5. The van der Waals surface area contributed by atoms with Crippen molar-refractivity contribution in [2.24, 2.45) is 4.99 Å². The standard InChI is InChI=1S/C19H17ClN2O3S/c1-11-4-6-13(10-14(11)20)21-19-22-18(23)17(26-19)9-12-5-7-15(24-2)16(8-12)25-3/h4-10H,1-3H3,(H,21,22,23)/b17-9-. The number of hydrogen-bond acceptors (Lipinski definition) is 5. The van der Waals surface area contributed by atoms with Crippen molar-refractivity contribution < 1.29 is 14.3 Å². The first kappa shape index (κ1) is 18.4. The van der Waals surface area contributed by atoms with E-state index in [4.69, 9.17) is 21.1 Å². The van der Waals surface area contributed by atoms with E-state index in [1.165, 1.54) is 11.8 Å². The average molecular weight is 389 g/mol. The molecule has 1 saturated heterocycles. The third-order valence-electron chi connectivity index (χ3n) is 3.74. The summed E-state index contributed by atoms with van der Waals surface area (Å²) in [6, 6.07) is 11.0. The molecule has 1 N–H and O–H groups in total. The van der Waals surface area contributed by atoms with Crippen LogP contribution in [0.15, 0.2) is 46.3 Å². The van der Waals surface area contributed by atoms with Crippen molar-refractivity contribution in [2.45, 2.75) is 6.92 Å². The van der Waals surface area contributed by atoms with Gasteiger partial charge in [-0.2, -0.15) is 0 Å². The van der Waals surface area contributed by atoms with E-state index in [9.17, 15) is 4.79 Å². The molecular formula is C19H17ClN2O3S. The summed E-state index contributed by atoms with van der Waals surface area (Å²) >= 11 is 7.40. The molecule has 3 rings (SSSR count). The molecule has 0 spiro atoms. The summed E-state index contributed by atoms with van der Waals surface area (Å²) in [5, 5.41) is 3.92. The van der Waals surface area contributed by atoms with E-state index in [2.05, 4.69) is 10.3 Å². The Kier molecular flexibility index (Phi) is 5.54. The number of aryl methyl sites for hydroxylation is 1. The van der Waals surface area contributed by atoms with E-state index in [1.54, 1.807) is 32.4 Å². The number of hydrogen-bond donors (Lipinski definition) is 1. The number of amidine groups is 1. The fourth-order valence-electron chi connectivity index (χ4n) is 2.34. The molecule has 5 nitrogen and oxygen atoms in total. The zero-order chi connectivity index (χ0) is 18.7. The van der Waals surface area contributed by atoms with Crippen molar-refractivity contribution in [3.63, 3.8) is 0 Å². The molecule has 1 aliphatic rings. The second kappa shape index (κ2) is 7.85. The Hall–Kier alpha value is -2.44. The van der Waals surface area contributed by atoms with Crippen molar-refractivity contribution in [1.82, 2.24) is 5.32 Å². The van der Waals surface area contributed by atoms with Gasteiger partial charge in [-0.25, -0.2) is 4.99 Å². The van der Waals surface area contributed by atoms with Gasteiger partial charge in [0.1, 0.15) is 0 Å². The van der Waals surface area contributed by atoms with E-state index in [0.29, 0.717) is 32.3 Å². The van der Waals surface area contributed by atoms with Gasteiger partial charge in [0, 0.05) is 5.02 Å². The lowest BCUT2D eigenvalue weighted by molar-refractivity contribution is -0.115. The number of amides is 1. The summed E-state index contributed by atoms with van der Waals surface area (Å²) in [7, 11) is 3.15. The zero-order valence-corrected chi connectivity index (χ0v) is 16.1. The van der Waals surface area contributed by atoms with Gasteiger partial charge in [-0.15, -0.1) is 0 Å². The van der Waals surface area contributed by atoms with Crippen molar-refractivity contribution in [2.75, 3.05) is 14.2 Å². The van der Waals surface area contributed by atoms with Crippen molar-refractivity contribution >= 4 is 46.2 Å². The maximum Gasteiger partial charge on any atom is 0.264 e. The smallest absolute Gasteiger partial charge is 0.264 e. The van der Waals surface area contributed by atoms with Crippen LogP contribution >= 0.6 is 23.4 Å². The third-order valence-corrected chi connectivity index (χ3v) is 5.06. The van der Waals surface area contributed by atoms with Crippen LogP contribution in [0.1, 0.15) is 11.1 Å². The minimum atomic E-state index is -0.193. The van der Waals surface area contributed by atoms with Crippen LogP contribution in [0.2, 0.25) is 5.02 Å². The largest absolute Gasteiger partial charge is 0.493 e. The predicted octanol–water partition coefficient (Wildman–Crippen LogP) is 4.56. The van der Waals surface area contributed by atoms with Gasteiger partial charge < -0.3 is 14.8 Å². The quantitative estimate of drug-likeness (QED) is 0.780. The molecule has 0 aromatic heterocycles. The fourth-order valence-corrected chi connectivity index (χ4v) is 3.36. The number of nitrogens with zero attached hydrogens (tertiary/aromatic N) is 1. The van der Waals surface area contributed by atoms with Crippen LogP contribution in [0.25, 0.3) is 6.08 Å². The summed E-state index contributed by atoms with van der Waals surface area (Å²) in [6.45, 7) is 1.93. The van der Waals surface area contributed by atoms with Gasteiger partial charge in [0.05, 0.1) is 24.8 Å². The molecule has 26 heavy (non-hydrogen) atoms. The molecule has 134 valence electrons. The average Bonchev–Trinajstić information content (AvgIpc) is 2.97. The Morgan fingerprint density at radius 2 is 1.88 bits per heavy atom. The molecule has 0 unspecified atom stereocenters. The Labute approximate surface area is 161 Å². The number of methoxy groups -OCH3 is 2. The number of rotatable bonds is 4. The fraction of sp³-hybridized carbons (Fsp3) is 0.158. The van der Waals surface area contributed by atoms with Gasteiger partial charge in [-0.3, -0.25) is 4.79 Å². The van der Waals surface area contributed by atoms with Gasteiger partial charge >= 0.3 is 0 Å². The van der Waals surface area contributed by atoms with Gasteiger partial charge in [-0.1, -0.05) is 23.7 Å². The second-order valence-corrected chi connectivity index (χ2v) is 6.97. The molecule has 1 aliphatic heterocycles. The number of nitrogens with one attached hydrogen (secondary N) is 1. The topological polar surface area (TPSA) is 59.9 Å². The van der Waals surface area contributed by atoms with Gasteiger partial charge in [0.25, 0.3) is 5.91 Å². The highest BCUT2D eigenvalue weighted by Gasteiger charge is 2.24. The highest BCUT2D eigenvalue weighted by atomic mass is 35.5. The number of benzene rings is 2. The second-order valence-electron chi connectivity index (χ2n) is 5.53. The van der Waals surface area contributed by atoms with Crippen LogP contribution < -0.4 is 14.8 Å². The van der Waals surface area contributed by atoms with Gasteiger partial charge in [-0.05, 0) is 60.2 Å². The summed E-state index contributed by atoms with van der Waals surface area (Å²) < 4.78 is 10.5. The lowest BCUT2D eigenvalue weighted by Gasteiger charge is -2.07. The molecule has 7 heteroatoms. The van der Waals surface area contributed by atoms with Gasteiger partial charge in [0.15, 0.2) is 16.7 Å². The Morgan fingerprint density at radius 3 is 2.58 bits per heavy atom. The Bertz CT molecular complexity index is 925. The van der Waals surface area contributed by atoms with E-state index < -0.39 is 0 Å². The van der Waals surface area contributed by atoms with E-state index in [0.717, 1.165) is 11.1 Å². The first-order valence-electron chi connectivity index (χ1n) is 7.78. The van der Waals surface area contributed by atoms with Crippen molar-refractivity contribution in [1.29, 1.82) is 0 Å². The number of halogens is 1. The van der Waals surface area contributed by atoms with E-state index in [-0.39, 0.29) is 5.91 Å². The van der Waals surface area contributed by atoms with Crippen molar-refractivity contribution in [3.8, 4) is 11.5 Å². The van der Waals surface area contributed by atoms with Crippen LogP contribution in [0.3, 0.4) is 0 Å². The Balaban J connectivity index is 1.84. The number of ether oxygens (including phenoxy) is 2. The van der Waals surface area contributed by atoms with Crippen LogP contribution in [0.5, 0.6) is 11.5 Å². The van der Waals surface area contributed by atoms with Crippen molar-refractivity contribution in [3.05, 3.63) is 57.5 Å². The summed E-state index contributed by atoms with van der Waals surface area (Å²) in [6.07, 6.45) is 1.78. The van der Waals surface area contributed by atoms with E-state index in [1.807, 2.05) is 31.2 Å². The molecule has 2 aromatic carbocycles. The third kappa shape index (κ3) is 4.03. The summed E-state index contributed by atoms with van der Waals surface area (Å²) in [4.78, 5) is 17.2. The minimum Gasteiger partial charge on any atom is -0.493 e. The molecule has 0 bridgehead atoms. The Morgan fingerprint density at radius 1 is 1.12 bits per heavy atom. The number of carbonyl (C=O) groups is 1. The molecule has 1 heterocycles. The lowest BCUT2D eigenvalue weighted by atomic mass is 10.2. The molecule has 2 aromatic rings. The lowest BCUT2D eigenvalue weighted by Crippen LogP contribution is -2.19.